The number of halogens is 3. The first-order valence-electron chi connectivity index (χ1n) is 7.43. The molecule has 1 aliphatic rings. The number of aryl methyl sites for hydroxylation is 1. The van der Waals surface area contributed by atoms with Crippen LogP contribution < -0.4 is 0 Å². The van der Waals surface area contributed by atoms with Crippen LogP contribution in [0.1, 0.15) is 17.8 Å². The summed E-state index contributed by atoms with van der Waals surface area (Å²) in [5.41, 5.74) is 2.57. The number of alkyl halides is 2. The Labute approximate surface area is 130 Å². The molecule has 23 heavy (non-hydrogen) atoms. The first-order chi connectivity index (χ1) is 11.0. The number of nitrogens with zero attached hydrogens (tertiary/aromatic N) is 3. The van der Waals surface area contributed by atoms with Crippen molar-refractivity contribution in [1.29, 1.82) is 0 Å². The standard InChI is InChI=1S/C17H14F3N3/c1-10-12(13-4-2-3-5-14(13)18)6-7-23-15(21-22-16(10)23)8-11-9-17(11,19)20/h2-7,11H,8-9H2,1H3. The van der Waals surface area contributed by atoms with Crippen molar-refractivity contribution in [3.8, 4) is 11.1 Å². The first kappa shape index (κ1) is 14.2. The van der Waals surface area contributed by atoms with Crippen LogP contribution in [0.3, 0.4) is 0 Å². The number of pyridine rings is 1. The summed E-state index contributed by atoms with van der Waals surface area (Å²) in [5.74, 6) is -3.02. The van der Waals surface area contributed by atoms with Crippen molar-refractivity contribution >= 4 is 5.65 Å². The molecule has 1 aliphatic carbocycles. The Morgan fingerprint density at radius 1 is 1.17 bits per heavy atom. The Morgan fingerprint density at radius 2 is 1.91 bits per heavy atom. The van der Waals surface area contributed by atoms with Gasteiger partial charge in [0.25, 0.3) is 5.92 Å². The van der Waals surface area contributed by atoms with Crippen LogP contribution in [0.4, 0.5) is 13.2 Å². The summed E-state index contributed by atoms with van der Waals surface area (Å²) in [7, 11) is 0. The highest BCUT2D eigenvalue weighted by Gasteiger charge is 2.56. The Morgan fingerprint density at radius 3 is 2.61 bits per heavy atom. The van der Waals surface area contributed by atoms with Crippen molar-refractivity contribution in [2.75, 3.05) is 0 Å². The van der Waals surface area contributed by atoms with Crippen LogP contribution >= 0.6 is 0 Å². The smallest absolute Gasteiger partial charge is 0.252 e. The normalized spacial score (nSPS) is 19.2. The third-order valence-electron chi connectivity index (χ3n) is 4.44. The summed E-state index contributed by atoms with van der Waals surface area (Å²) in [6.07, 6.45) is 1.83. The van der Waals surface area contributed by atoms with Gasteiger partial charge in [0.15, 0.2) is 5.65 Å². The van der Waals surface area contributed by atoms with Gasteiger partial charge in [0, 0.05) is 36.1 Å². The van der Waals surface area contributed by atoms with E-state index >= 15 is 0 Å². The number of hydrogen-bond donors (Lipinski definition) is 0. The second-order valence-electron chi connectivity index (χ2n) is 6.01. The molecule has 1 unspecified atom stereocenters. The van der Waals surface area contributed by atoms with Gasteiger partial charge in [0.2, 0.25) is 0 Å². The first-order valence-corrected chi connectivity index (χ1v) is 7.43. The Hall–Kier alpha value is -2.37. The van der Waals surface area contributed by atoms with Gasteiger partial charge in [-0.3, -0.25) is 4.40 Å². The third kappa shape index (κ3) is 2.29. The molecule has 2 aromatic heterocycles. The van der Waals surface area contributed by atoms with E-state index in [1.165, 1.54) is 6.07 Å². The molecule has 3 nitrogen and oxygen atoms in total. The fourth-order valence-corrected chi connectivity index (χ4v) is 2.95. The Balaban J connectivity index is 1.77. The number of hydrogen-bond acceptors (Lipinski definition) is 2. The highest BCUT2D eigenvalue weighted by molar-refractivity contribution is 5.73. The van der Waals surface area contributed by atoms with E-state index < -0.39 is 11.8 Å². The zero-order valence-electron chi connectivity index (χ0n) is 12.4. The highest BCUT2D eigenvalue weighted by Crippen LogP contribution is 2.50. The zero-order valence-corrected chi connectivity index (χ0v) is 12.4. The lowest BCUT2D eigenvalue weighted by Crippen LogP contribution is -2.02. The summed E-state index contributed by atoms with van der Waals surface area (Å²) in [4.78, 5) is 0. The van der Waals surface area contributed by atoms with E-state index in [1.807, 2.05) is 6.92 Å². The molecular weight excluding hydrogens is 303 g/mol. The summed E-state index contributed by atoms with van der Waals surface area (Å²) >= 11 is 0. The minimum atomic E-state index is -2.58. The molecule has 118 valence electrons. The molecule has 0 saturated heterocycles. The summed E-state index contributed by atoms with van der Waals surface area (Å²) in [6.45, 7) is 1.83. The molecule has 0 N–H and O–H groups in total. The molecule has 1 fully saturated rings. The Kier molecular flexibility index (Phi) is 2.98. The zero-order chi connectivity index (χ0) is 16.2. The number of aromatic nitrogens is 3. The van der Waals surface area contributed by atoms with Crippen molar-refractivity contribution in [1.82, 2.24) is 14.6 Å². The second kappa shape index (κ2) is 4.81. The lowest BCUT2D eigenvalue weighted by molar-refractivity contribution is 0.0984. The van der Waals surface area contributed by atoms with E-state index in [0.717, 1.165) is 11.1 Å². The maximum absolute atomic E-state index is 14.0. The molecule has 6 heteroatoms. The minimum absolute atomic E-state index is 0.0891. The van der Waals surface area contributed by atoms with Gasteiger partial charge >= 0.3 is 0 Å². The second-order valence-corrected chi connectivity index (χ2v) is 6.01. The van der Waals surface area contributed by atoms with Gasteiger partial charge in [-0.05, 0) is 24.6 Å². The lowest BCUT2D eigenvalue weighted by atomic mass is 10.0. The molecule has 0 spiro atoms. The summed E-state index contributed by atoms with van der Waals surface area (Å²) < 4.78 is 41.9. The van der Waals surface area contributed by atoms with Gasteiger partial charge < -0.3 is 0 Å². The maximum Gasteiger partial charge on any atom is 0.252 e. The van der Waals surface area contributed by atoms with Gasteiger partial charge in [-0.1, -0.05) is 18.2 Å². The third-order valence-corrected chi connectivity index (χ3v) is 4.44. The average Bonchev–Trinajstić information content (AvgIpc) is 2.92. The van der Waals surface area contributed by atoms with Crippen LogP contribution in [-0.2, 0) is 6.42 Å². The molecule has 0 amide bonds. The molecule has 3 aromatic rings. The summed E-state index contributed by atoms with van der Waals surface area (Å²) in [5, 5.41) is 8.15. The van der Waals surface area contributed by atoms with Crippen molar-refractivity contribution in [3.63, 3.8) is 0 Å². The fourth-order valence-electron chi connectivity index (χ4n) is 2.95. The molecule has 1 aromatic carbocycles. The molecule has 2 heterocycles. The molecule has 0 bridgehead atoms. The summed E-state index contributed by atoms with van der Waals surface area (Å²) in [6, 6.07) is 8.29. The van der Waals surface area contributed by atoms with E-state index in [0.29, 0.717) is 17.0 Å². The van der Waals surface area contributed by atoms with Crippen molar-refractivity contribution < 1.29 is 13.2 Å². The fraction of sp³-hybridized carbons (Fsp3) is 0.294. The van der Waals surface area contributed by atoms with Gasteiger partial charge in [0.05, 0.1) is 0 Å². The molecule has 1 saturated carbocycles. The maximum atomic E-state index is 14.0. The quantitative estimate of drug-likeness (QED) is 0.730. The number of benzene rings is 1. The van der Waals surface area contributed by atoms with Crippen LogP contribution in [0.2, 0.25) is 0 Å². The molecule has 0 radical (unpaired) electrons. The van der Waals surface area contributed by atoms with Crippen molar-refractivity contribution in [3.05, 3.63) is 53.7 Å². The van der Waals surface area contributed by atoms with Gasteiger partial charge in [-0.2, -0.15) is 0 Å². The largest absolute Gasteiger partial charge is 0.286 e. The van der Waals surface area contributed by atoms with E-state index in [2.05, 4.69) is 10.2 Å². The average molecular weight is 317 g/mol. The predicted molar refractivity (Wildman–Crippen MR) is 79.9 cm³/mol. The minimum Gasteiger partial charge on any atom is -0.286 e. The van der Waals surface area contributed by atoms with Crippen LogP contribution in [-0.4, -0.2) is 20.5 Å². The van der Waals surface area contributed by atoms with E-state index in [-0.39, 0.29) is 18.7 Å². The predicted octanol–water partition coefficient (Wildman–Crippen LogP) is 4.04. The number of fused-ring (bicyclic) bond motifs is 1. The molecular formula is C17H14F3N3. The van der Waals surface area contributed by atoms with Crippen LogP contribution in [0.5, 0.6) is 0 Å². The molecule has 1 atom stereocenters. The van der Waals surface area contributed by atoms with Gasteiger partial charge in [-0.15, -0.1) is 10.2 Å². The monoisotopic (exact) mass is 317 g/mol. The van der Waals surface area contributed by atoms with Gasteiger partial charge in [-0.25, -0.2) is 13.2 Å². The van der Waals surface area contributed by atoms with E-state index in [4.69, 9.17) is 0 Å². The lowest BCUT2D eigenvalue weighted by Gasteiger charge is -2.09. The highest BCUT2D eigenvalue weighted by atomic mass is 19.3. The van der Waals surface area contributed by atoms with Crippen LogP contribution in [0, 0.1) is 18.7 Å². The number of rotatable bonds is 3. The topological polar surface area (TPSA) is 30.2 Å². The van der Waals surface area contributed by atoms with Crippen LogP contribution in [0.15, 0.2) is 36.5 Å². The van der Waals surface area contributed by atoms with Gasteiger partial charge in [0.1, 0.15) is 11.6 Å². The van der Waals surface area contributed by atoms with E-state index in [9.17, 15) is 13.2 Å². The van der Waals surface area contributed by atoms with Crippen molar-refractivity contribution in [2.24, 2.45) is 5.92 Å². The Bertz CT molecular complexity index is 901. The molecule has 4 rings (SSSR count). The molecule has 0 aliphatic heterocycles. The van der Waals surface area contributed by atoms with E-state index in [1.54, 1.807) is 34.9 Å². The SMILES string of the molecule is Cc1c(-c2ccccc2F)ccn2c(CC3CC3(F)F)nnc12. The van der Waals surface area contributed by atoms with Crippen LogP contribution in [0.25, 0.3) is 16.8 Å². The van der Waals surface area contributed by atoms with Crippen molar-refractivity contribution in [2.45, 2.75) is 25.7 Å².